The summed E-state index contributed by atoms with van der Waals surface area (Å²) in [6, 6.07) is 0. The summed E-state index contributed by atoms with van der Waals surface area (Å²) in [4.78, 5) is 35.3. The molecular formula is C33H62O11S4. The Kier molecular flexibility index (Phi) is 36.4. The van der Waals surface area contributed by atoms with Crippen molar-refractivity contribution in [2.75, 3.05) is 106 Å². The van der Waals surface area contributed by atoms with Crippen molar-refractivity contribution in [2.24, 2.45) is 5.41 Å². The SMILES string of the molecule is O=C(O)CCC(=O)SCCC(=O)OCC(COCCCSCCCCO)(COCCCSCCCCO)COCCCSCCCCO. The molecule has 11 nitrogen and oxygen atoms in total. The molecule has 0 aliphatic heterocycles. The third kappa shape index (κ3) is 32.9. The van der Waals surface area contributed by atoms with Crippen LogP contribution in [-0.4, -0.2) is 144 Å². The topological polar surface area (TPSA) is 169 Å². The molecular weight excluding hydrogens is 701 g/mol. The van der Waals surface area contributed by atoms with Gasteiger partial charge in [0.05, 0.1) is 38.1 Å². The summed E-state index contributed by atoms with van der Waals surface area (Å²) >= 11 is 6.46. The smallest absolute Gasteiger partial charge is 0.306 e. The number of aliphatic hydroxyl groups excluding tert-OH is 3. The zero-order valence-corrected chi connectivity index (χ0v) is 32.1. The summed E-state index contributed by atoms with van der Waals surface area (Å²) in [5, 5.41) is 35.3. The number of carbonyl (C=O) groups is 3. The van der Waals surface area contributed by atoms with E-state index in [0.29, 0.717) is 39.6 Å². The van der Waals surface area contributed by atoms with Crippen LogP contribution >= 0.6 is 47.0 Å². The van der Waals surface area contributed by atoms with Crippen LogP contribution in [0.1, 0.15) is 77.0 Å². The molecule has 0 rings (SSSR count). The fourth-order valence-electron chi connectivity index (χ4n) is 3.99. The second-order valence-corrected chi connectivity index (χ2v) is 16.2. The van der Waals surface area contributed by atoms with Crippen molar-refractivity contribution in [3.05, 3.63) is 0 Å². The van der Waals surface area contributed by atoms with E-state index in [9.17, 15) is 14.4 Å². The Balaban J connectivity index is 5.12. The van der Waals surface area contributed by atoms with Crippen LogP contribution in [0.5, 0.6) is 0 Å². The number of carboxylic acid groups (broad SMARTS) is 1. The first kappa shape index (κ1) is 47.8. The molecule has 0 bridgehead atoms. The molecule has 0 aromatic carbocycles. The number of ether oxygens (including phenoxy) is 4. The Morgan fingerprint density at radius 2 is 0.917 bits per heavy atom. The molecule has 0 saturated carbocycles. The summed E-state index contributed by atoms with van der Waals surface area (Å²) in [5.41, 5.74) is -0.711. The Labute approximate surface area is 305 Å². The van der Waals surface area contributed by atoms with Gasteiger partial charge >= 0.3 is 11.9 Å². The molecule has 0 aliphatic carbocycles. The fourth-order valence-corrected chi connectivity index (χ4v) is 7.54. The molecule has 0 spiro atoms. The molecule has 15 heteroatoms. The van der Waals surface area contributed by atoms with Crippen LogP contribution in [0.3, 0.4) is 0 Å². The maximum absolute atomic E-state index is 12.7. The molecule has 284 valence electrons. The Morgan fingerprint density at radius 1 is 0.500 bits per heavy atom. The van der Waals surface area contributed by atoms with Crippen LogP contribution in [-0.2, 0) is 33.3 Å². The summed E-state index contributed by atoms with van der Waals surface area (Å²) in [6.07, 6.45) is 7.74. The van der Waals surface area contributed by atoms with Gasteiger partial charge in [0.1, 0.15) is 6.61 Å². The van der Waals surface area contributed by atoms with Gasteiger partial charge in [0.25, 0.3) is 0 Å². The second kappa shape index (κ2) is 36.6. The molecule has 4 N–H and O–H groups in total. The van der Waals surface area contributed by atoms with Gasteiger partial charge in [0.15, 0.2) is 5.12 Å². The third-order valence-corrected chi connectivity index (χ3v) is 11.1. The van der Waals surface area contributed by atoms with E-state index in [4.69, 9.17) is 39.4 Å². The lowest BCUT2D eigenvalue weighted by molar-refractivity contribution is -0.155. The zero-order chi connectivity index (χ0) is 35.4. The van der Waals surface area contributed by atoms with Crippen LogP contribution in [0, 0.1) is 5.41 Å². The largest absolute Gasteiger partial charge is 0.481 e. The number of aliphatic carboxylic acids is 1. The fraction of sp³-hybridized carbons (Fsp3) is 0.909. The van der Waals surface area contributed by atoms with Crippen LogP contribution < -0.4 is 0 Å². The van der Waals surface area contributed by atoms with E-state index in [0.717, 1.165) is 104 Å². The number of rotatable bonds is 38. The predicted octanol–water partition coefficient (Wildman–Crippen LogP) is 4.77. The van der Waals surface area contributed by atoms with Crippen LogP contribution in [0.15, 0.2) is 0 Å². The van der Waals surface area contributed by atoms with Crippen LogP contribution in [0.4, 0.5) is 0 Å². The molecule has 0 amide bonds. The molecule has 0 heterocycles. The van der Waals surface area contributed by atoms with Crippen molar-refractivity contribution in [3.8, 4) is 0 Å². The highest BCUT2D eigenvalue weighted by Gasteiger charge is 2.34. The van der Waals surface area contributed by atoms with Crippen molar-refractivity contribution in [1.29, 1.82) is 0 Å². The van der Waals surface area contributed by atoms with E-state index in [1.54, 1.807) is 0 Å². The van der Waals surface area contributed by atoms with Gasteiger partial charge in [-0.1, -0.05) is 11.8 Å². The third-order valence-electron chi connectivity index (χ3n) is 6.70. The lowest BCUT2D eigenvalue weighted by Crippen LogP contribution is -2.42. The number of unbranched alkanes of at least 4 members (excludes halogenated alkanes) is 3. The van der Waals surface area contributed by atoms with Gasteiger partial charge in [0, 0.05) is 51.8 Å². The number of hydrogen-bond acceptors (Lipinski definition) is 14. The van der Waals surface area contributed by atoms with Crippen molar-refractivity contribution in [1.82, 2.24) is 0 Å². The normalized spacial score (nSPS) is 11.6. The van der Waals surface area contributed by atoms with Crippen molar-refractivity contribution in [2.45, 2.75) is 77.0 Å². The van der Waals surface area contributed by atoms with Crippen molar-refractivity contribution < 1.29 is 53.8 Å². The Bertz CT molecular complexity index is 710. The zero-order valence-electron chi connectivity index (χ0n) is 28.8. The maximum atomic E-state index is 12.7. The minimum absolute atomic E-state index is 0.0244. The first-order valence-corrected chi connectivity index (χ1v) is 21.7. The molecule has 0 aromatic rings. The van der Waals surface area contributed by atoms with Crippen LogP contribution in [0.25, 0.3) is 0 Å². The average Bonchev–Trinajstić information content (AvgIpc) is 3.07. The first-order chi connectivity index (χ1) is 23.4. The highest BCUT2D eigenvalue weighted by atomic mass is 32.2. The van der Waals surface area contributed by atoms with E-state index >= 15 is 0 Å². The summed E-state index contributed by atoms with van der Waals surface area (Å²) in [5.74, 6) is 4.61. The van der Waals surface area contributed by atoms with Gasteiger partial charge in [-0.15, -0.1) is 0 Å². The standard InChI is InChI=1S/C33H62O11S4/c34-13-1-4-19-45-22-7-16-41-26-33(27-42-17-8-23-46-20-5-2-14-35,28-43-18-9-24-47-21-6-3-15-36)29-44-31(39)12-25-48-32(40)11-10-30(37)38/h34-36H,1-29H2,(H,37,38). The van der Waals surface area contributed by atoms with Gasteiger partial charge in [-0.2, -0.15) is 35.3 Å². The molecule has 0 saturated heterocycles. The number of carbonyl (C=O) groups excluding carboxylic acids is 2. The summed E-state index contributed by atoms with van der Waals surface area (Å²) in [6.45, 7) is 3.24. The maximum Gasteiger partial charge on any atom is 0.306 e. The van der Waals surface area contributed by atoms with Gasteiger partial charge in [-0.3, -0.25) is 14.4 Å². The lowest BCUT2D eigenvalue weighted by Gasteiger charge is -2.32. The average molecular weight is 763 g/mol. The molecule has 0 aliphatic rings. The molecule has 0 unspecified atom stereocenters. The quantitative estimate of drug-likeness (QED) is 0.0501. The molecule has 0 aromatic heterocycles. The number of thioether (sulfide) groups is 4. The summed E-state index contributed by atoms with van der Waals surface area (Å²) < 4.78 is 24.1. The van der Waals surface area contributed by atoms with E-state index in [1.807, 2.05) is 35.3 Å². The lowest BCUT2D eigenvalue weighted by atomic mass is 9.92. The van der Waals surface area contributed by atoms with E-state index in [-0.39, 0.29) is 56.6 Å². The van der Waals surface area contributed by atoms with Crippen molar-refractivity contribution in [3.63, 3.8) is 0 Å². The minimum Gasteiger partial charge on any atom is -0.481 e. The summed E-state index contributed by atoms with van der Waals surface area (Å²) in [7, 11) is 0. The van der Waals surface area contributed by atoms with Gasteiger partial charge in [0.2, 0.25) is 0 Å². The molecule has 48 heavy (non-hydrogen) atoms. The monoisotopic (exact) mass is 762 g/mol. The van der Waals surface area contributed by atoms with E-state index < -0.39 is 17.4 Å². The van der Waals surface area contributed by atoms with Crippen LogP contribution in [0.2, 0.25) is 0 Å². The number of esters is 1. The van der Waals surface area contributed by atoms with Gasteiger partial charge < -0.3 is 39.4 Å². The first-order valence-electron chi connectivity index (χ1n) is 17.2. The highest BCUT2D eigenvalue weighted by Crippen LogP contribution is 2.23. The Morgan fingerprint density at radius 3 is 1.31 bits per heavy atom. The van der Waals surface area contributed by atoms with E-state index in [2.05, 4.69) is 0 Å². The molecule has 0 fully saturated rings. The van der Waals surface area contributed by atoms with Crippen molar-refractivity contribution >= 4 is 64.1 Å². The predicted molar refractivity (Wildman–Crippen MR) is 200 cm³/mol. The second-order valence-electron chi connectivity index (χ2n) is 11.4. The minimum atomic E-state index is -1.03. The Hall–Kier alpha value is -0.230. The van der Waals surface area contributed by atoms with Gasteiger partial charge in [-0.25, -0.2) is 0 Å². The highest BCUT2D eigenvalue weighted by molar-refractivity contribution is 8.13. The molecule has 0 atom stereocenters. The molecule has 0 radical (unpaired) electrons. The number of aliphatic hydroxyl groups is 3. The number of carboxylic acids is 1. The van der Waals surface area contributed by atoms with Gasteiger partial charge in [-0.05, 0) is 92.3 Å². The van der Waals surface area contributed by atoms with E-state index in [1.165, 1.54) is 0 Å². The number of hydrogen-bond donors (Lipinski definition) is 4.